The molecule has 2 N–H and O–H groups in total. The maximum Gasteiger partial charge on any atom is 0.166 e. The topological polar surface area (TPSA) is 61.5 Å². The van der Waals surface area contributed by atoms with Gasteiger partial charge in [0.1, 0.15) is 0 Å². The molecular weight excluding hydrogens is 142 g/mol. The first-order valence-electron chi connectivity index (χ1n) is 3.30. The van der Waals surface area contributed by atoms with Gasteiger partial charge in [0.25, 0.3) is 0 Å². The highest BCUT2D eigenvalue weighted by Gasteiger charge is 2.04. The molecule has 11 heavy (non-hydrogen) atoms. The van der Waals surface area contributed by atoms with E-state index < -0.39 is 0 Å². The van der Waals surface area contributed by atoms with Gasteiger partial charge in [-0.3, -0.25) is 9.89 Å². The summed E-state index contributed by atoms with van der Waals surface area (Å²) < 4.78 is 0. The van der Waals surface area contributed by atoms with Crippen LogP contribution in [-0.2, 0) is 0 Å². The summed E-state index contributed by atoms with van der Waals surface area (Å²) in [4.78, 5) is 13.2. The van der Waals surface area contributed by atoms with Crippen molar-refractivity contribution in [3.63, 3.8) is 0 Å². The molecule has 0 saturated carbocycles. The normalized spacial score (nSPS) is 10.6. The van der Waals surface area contributed by atoms with Crippen molar-refractivity contribution in [1.82, 2.24) is 15.2 Å². The molecule has 0 unspecified atom stereocenters. The largest absolute Gasteiger partial charge is 0.336 e. The molecule has 2 aromatic heterocycles. The Kier molecular flexibility index (Phi) is 1.09. The molecular formula is C7H7N3O. The van der Waals surface area contributed by atoms with Crippen LogP contribution in [0.2, 0.25) is 0 Å². The van der Waals surface area contributed by atoms with Gasteiger partial charge in [-0.25, -0.2) is 0 Å². The minimum Gasteiger partial charge on any atom is -0.336 e. The van der Waals surface area contributed by atoms with E-state index in [2.05, 4.69) is 15.2 Å². The van der Waals surface area contributed by atoms with E-state index in [4.69, 9.17) is 0 Å². The summed E-state index contributed by atoms with van der Waals surface area (Å²) in [6, 6.07) is 1.78. The van der Waals surface area contributed by atoms with Crippen molar-refractivity contribution in [1.29, 1.82) is 0 Å². The number of carbonyl (C=O) groups excluding carboxylic acids is 1. The second-order valence-corrected chi connectivity index (χ2v) is 2.45. The standard InChI is InChI=1S/C7H7N3O/c1-4-6-2-5(3-11)8-7(6)10-9-4/h2-3H,1H3,(H2,8,9,10). The molecule has 0 saturated heterocycles. The number of rotatable bonds is 1. The summed E-state index contributed by atoms with van der Waals surface area (Å²) in [5, 5.41) is 7.74. The van der Waals surface area contributed by atoms with E-state index >= 15 is 0 Å². The van der Waals surface area contributed by atoms with E-state index in [-0.39, 0.29) is 0 Å². The van der Waals surface area contributed by atoms with Crippen LogP contribution in [0.25, 0.3) is 11.0 Å². The highest BCUT2D eigenvalue weighted by atomic mass is 16.1. The number of hydrogen-bond acceptors (Lipinski definition) is 2. The van der Waals surface area contributed by atoms with Gasteiger partial charge in [0.2, 0.25) is 0 Å². The first kappa shape index (κ1) is 6.15. The van der Waals surface area contributed by atoms with Gasteiger partial charge in [0.05, 0.1) is 5.69 Å². The molecule has 0 aliphatic heterocycles. The number of aromatic nitrogens is 3. The first-order valence-corrected chi connectivity index (χ1v) is 3.30. The van der Waals surface area contributed by atoms with E-state index in [0.29, 0.717) is 5.69 Å². The highest BCUT2D eigenvalue weighted by molar-refractivity contribution is 5.87. The molecule has 2 rings (SSSR count). The maximum absolute atomic E-state index is 10.3. The van der Waals surface area contributed by atoms with Crippen LogP contribution in [0.5, 0.6) is 0 Å². The van der Waals surface area contributed by atoms with E-state index in [0.717, 1.165) is 23.0 Å². The van der Waals surface area contributed by atoms with E-state index in [1.54, 1.807) is 6.07 Å². The number of hydrogen-bond donors (Lipinski definition) is 2. The predicted octanol–water partition coefficient (Wildman–Crippen LogP) is 1.01. The average Bonchev–Trinajstić information content (AvgIpc) is 2.53. The van der Waals surface area contributed by atoms with Gasteiger partial charge in [0.15, 0.2) is 11.9 Å². The van der Waals surface area contributed by atoms with Crippen LogP contribution < -0.4 is 0 Å². The summed E-state index contributed by atoms with van der Waals surface area (Å²) in [6.07, 6.45) is 0.779. The zero-order valence-corrected chi connectivity index (χ0v) is 6.01. The zero-order chi connectivity index (χ0) is 7.84. The molecule has 56 valence electrons. The second-order valence-electron chi connectivity index (χ2n) is 2.45. The number of carbonyl (C=O) groups is 1. The first-order chi connectivity index (χ1) is 5.31. The minimum absolute atomic E-state index is 0.569. The molecule has 0 amide bonds. The molecule has 2 aromatic rings. The monoisotopic (exact) mass is 149 g/mol. The van der Waals surface area contributed by atoms with Crippen LogP contribution in [-0.4, -0.2) is 21.5 Å². The van der Waals surface area contributed by atoms with Crippen LogP contribution >= 0.6 is 0 Å². The average molecular weight is 149 g/mol. The SMILES string of the molecule is Cc1[nH]nc2[nH]c(C=O)cc12. The molecule has 0 bridgehead atoms. The summed E-state index contributed by atoms with van der Waals surface area (Å²) in [7, 11) is 0. The number of aldehydes is 1. The van der Waals surface area contributed by atoms with Crippen molar-refractivity contribution in [3.8, 4) is 0 Å². The molecule has 0 aliphatic carbocycles. The van der Waals surface area contributed by atoms with Crippen molar-refractivity contribution in [2.45, 2.75) is 6.92 Å². The molecule has 0 aromatic carbocycles. The molecule has 2 heterocycles. The van der Waals surface area contributed by atoms with Gasteiger partial charge in [-0.15, -0.1) is 0 Å². The Hall–Kier alpha value is -1.58. The molecule has 4 nitrogen and oxygen atoms in total. The lowest BCUT2D eigenvalue weighted by Crippen LogP contribution is -1.78. The summed E-state index contributed by atoms with van der Waals surface area (Å²) in [6.45, 7) is 1.91. The summed E-state index contributed by atoms with van der Waals surface area (Å²) in [5.41, 5.74) is 2.29. The van der Waals surface area contributed by atoms with Crippen LogP contribution in [0.1, 0.15) is 16.2 Å². The fraction of sp³-hybridized carbons (Fsp3) is 0.143. The van der Waals surface area contributed by atoms with Gasteiger partial charge in [0, 0.05) is 11.1 Å². The molecule has 0 fully saturated rings. The Morgan fingerprint density at radius 3 is 3.09 bits per heavy atom. The highest BCUT2D eigenvalue weighted by Crippen LogP contribution is 2.14. The van der Waals surface area contributed by atoms with Gasteiger partial charge in [-0.05, 0) is 13.0 Å². The van der Waals surface area contributed by atoms with E-state index in [1.165, 1.54) is 0 Å². The lowest BCUT2D eigenvalue weighted by molar-refractivity contribution is 0.112. The predicted molar refractivity (Wildman–Crippen MR) is 40.6 cm³/mol. The van der Waals surface area contributed by atoms with Gasteiger partial charge in [-0.2, -0.15) is 5.10 Å². The molecule has 4 heteroatoms. The summed E-state index contributed by atoms with van der Waals surface area (Å²) in [5.74, 6) is 0. The van der Waals surface area contributed by atoms with Crippen LogP contribution in [0.4, 0.5) is 0 Å². The summed E-state index contributed by atoms with van der Waals surface area (Å²) >= 11 is 0. The van der Waals surface area contributed by atoms with Gasteiger partial charge < -0.3 is 4.98 Å². The van der Waals surface area contributed by atoms with Crippen LogP contribution in [0.3, 0.4) is 0 Å². The number of aryl methyl sites for hydroxylation is 1. The smallest absolute Gasteiger partial charge is 0.166 e. The fourth-order valence-electron chi connectivity index (χ4n) is 1.10. The van der Waals surface area contributed by atoms with Crippen LogP contribution in [0, 0.1) is 6.92 Å². The van der Waals surface area contributed by atoms with E-state index in [9.17, 15) is 4.79 Å². The quantitative estimate of drug-likeness (QED) is 0.594. The molecule has 0 radical (unpaired) electrons. The molecule has 0 atom stereocenters. The third kappa shape index (κ3) is 0.756. The maximum atomic E-state index is 10.3. The Labute approximate surface area is 62.6 Å². The minimum atomic E-state index is 0.569. The third-order valence-corrected chi connectivity index (χ3v) is 1.68. The lowest BCUT2D eigenvalue weighted by Gasteiger charge is -1.77. The van der Waals surface area contributed by atoms with Crippen molar-refractivity contribution < 1.29 is 4.79 Å². The van der Waals surface area contributed by atoms with Gasteiger partial charge >= 0.3 is 0 Å². The Morgan fingerprint density at radius 2 is 2.45 bits per heavy atom. The zero-order valence-electron chi connectivity index (χ0n) is 6.01. The number of aromatic amines is 2. The fourth-order valence-corrected chi connectivity index (χ4v) is 1.10. The third-order valence-electron chi connectivity index (χ3n) is 1.68. The Balaban J connectivity index is 2.79. The second kappa shape index (κ2) is 1.95. The van der Waals surface area contributed by atoms with Gasteiger partial charge in [-0.1, -0.05) is 0 Å². The number of H-pyrrole nitrogens is 2. The van der Waals surface area contributed by atoms with Crippen molar-refractivity contribution in [3.05, 3.63) is 17.5 Å². The van der Waals surface area contributed by atoms with E-state index in [1.807, 2.05) is 6.92 Å². The lowest BCUT2D eigenvalue weighted by atomic mass is 10.3. The van der Waals surface area contributed by atoms with Crippen molar-refractivity contribution in [2.75, 3.05) is 0 Å². The van der Waals surface area contributed by atoms with Crippen molar-refractivity contribution in [2.24, 2.45) is 0 Å². The Bertz CT molecular complexity index is 399. The number of nitrogens with one attached hydrogen (secondary N) is 2. The van der Waals surface area contributed by atoms with Crippen molar-refractivity contribution >= 4 is 17.3 Å². The molecule has 0 aliphatic rings. The Morgan fingerprint density at radius 1 is 1.64 bits per heavy atom. The molecule has 0 spiro atoms. The number of nitrogens with zero attached hydrogens (tertiary/aromatic N) is 1. The van der Waals surface area contributed by atoms with Crippen LogP contribution in [0.15, 0.2) is 6.07 Å². The number of fused-ring (bicyclic) bond motifs is 1.